The van der Waals surface area contributed by atoms with Crippen LogP contribution in [0.4, 0.5) is 5.69 Å². The standard InChI is InChI=1S/C21H19N5O/c1-14-2-8-17-18(12-14)26-20(25-17)9-5-15-3-6-16(7-4-15)24-21(27)19-13-22-10-11-23-19/h2-4,6-8,10-13H,5,9H2,1H3,(H,24,27)(H,25,26). The summed E-state index contributed by atoms with van der Waals surface area (Å²) in [5, 5.41) is 2.82. The number of fused-ring (bicyclic) bond motifs is 1. The molecule has 2 aromatic heterocycles. The number of H-pyrrole nitrogens is 1. The van der Waals surface area contributed by atoms with Gasteiger partial charge in [0.2, 0.25) is 0 Å². The lowest BCUT2D eigenvalue weighted by atomic mass is 10.1. The molecular formula is C21H19N5O. The topological polar surface area (TPSA) is 83.6 Å². The summed E-state index contributed by atoms with van der Waals surface area (Å²) in [5.41, 5.74) is 5.50. The van der Waals surface area contributed by atoms with Crippen molar-refractivity contribution in [1.29, 1.82) is 0 Å². The molecule has 0 aliphatic rings. The molecule has 2 heterocycles. The van der Waals surface area contributed by atoms with Crippen LogP contribution in [0.5, 0.6) is 0 Å². The first-order chi connectivity index (χ1) is 13.2. The Labute approximate surface area is 156 Å². The lowest BCUT2D eigenvalue weighted by Gasteiger charge is -2.06. The predicted molar refractivity (Wildman–Crippen MR) is 105 cm³/mol. The number of nitrogens with one attached hydrogen (secondary N) is 2. The molecule has 27 heavy (non-hydrogen) atoms. The van der Waals surface area contributed by atoms with Crippen molar-refractivity contribution < 1.29 is 4.79 Å². The zero-order valence-corrected chi connectivity index (χ0v) is 14.9. The van der Waals surface area contributed by atoms with Crippen LogP contribution in [0.25, 0.3) is 11.0 Å². The SMILES string of the molecule is Cc1ccc2nc(CCc3ccc(NC(=O)c4cnccn4)cc3)[nH]c2c1. The van der Waals surface area contributed by atoms with E-state index < -0.39 is 0 Å². The van der Waals surface area contributed by atoms with Gasteiger partial charge in [-0.25, -0.2) is 9.97 Å². The molecule has 0 aliphatic carbocycles. The fraction of sp³-hybridized carbons (Fsp3) is 0.143. The van der Waals surface area contributed by atoms with Gasteiger partial charge < -0.3 is 10.3 Å². The summed E-state index contributed by atoms with van der Waals surface area (Å²) >= 11 is 0. The summed E-state index contributed by atoms with van der Waals surface area (Å²) in [6.45, 7) is 2.07. The number of anilines is 1. The van der Waals surface area contributed by atoms with Gasteiger partial charge in [0.15, 0.2) is 0 Å². The van der Waals surface area contributed by atoms with Crippen LogP contribution in [0.3, 0.4) is 0 Å². The van der Waals surface area contributed by atoms with Crippen molar-refractivity contribution in [2.75, 3.05) is 5.32 Å². The van der Waals surface area contributed by atoms with E-state index >= 15 is 0 Å². The largest absolute Gasteiger partial charge is 0.342 e. The fourth-order valence-electron chi connectivity index (χ4n) is 2.92. The summed E-state index contributed by atoms with van der Waals surface area (Å²) in [6.07, 6.45) is 6.18. The van der Waals surface area contributed by atoms with Crippen LogP contribution in [0.1, 0.15) is 27.4 Å². The Morgan fingerprint density at radius 3 is 2.70 bits per heavy atom. The summed E-state index contributed by atoms with van der Waals surface area (Å²) in [7, 11) is 0. The van der Waals surface area contributed by atoms with Crippen LogP contribution in [0.15, 0.2) is 61.1 Å². The summed E-state index contributed by atoms with van der Waals surface area (Å²) in [4.78, 5) is 28.0. The van der Waals surface area contributed by atoms with Gasteiger partial charge in [0.25, 0.3) is 5.91 Å². The molecule has 0 saturated heterocycles. The van der Waals surface area contributed by atoms with Gasteiger partial charge in [-0.15, -0.1) is 0 Å². The van der Waals surface area contributed by atoms with E-state index in [0.717, 1.165) is 35.4 Å². The van der Waals surface area contributed by atoms with Crippen LogP contribution < -0.4 is 5.32 Å². The first-order valence-corrected chi connectivity index (χ1v) is 8.79. The minimum Gasteiger partial charge on any atom is -0.342 e. The number of benzene rings is 2. The van der Waals surface area contributed by atoms with Gasteiger partial charge >= 0.3 is 0 Å². The number of aromatic amines is 1. The number of nitrogens with zero attached hydrogens (tertiary/aromatic N) is 3. The third-order valence-electron chi connectivity index (χ3n) is 4.34. The molecule has 0 bridgehead atoms. The number of carbonyl (C=O) groups excluding carboxylic acids is 1. The van der Waals surface area contributed by atoms with Crippen molar-refractivity contribution in [1.82, 2.24) is 19.9 Å². The van der Waals surface area contributed by atoms with E-state index in [1.807, 2.05) is 30.3 Å². The third kappa shape index (κ3) is 4.00. The maximum Gasteiger partial charge on any atom is 0.275 e. The average Bonchev–Trinajstić information content (AvgIpc) is 3.10. The van der Waals surface area contributed by atoms with Gasteiger partial charge in [-0.1, -0.05) is 18.2 Å². The number of rotatable bonds is 5. The first-order valence-electron chi connectivity index (χ1n) is 8.79. The third-order valence-corrected chi connectivity index (χ3v) is 4.34. The zero-order chi connectivity index (χ0) is 18.6. The Kier molecular flexibility index (Phi) is 4.61. The van der Waals surface area contributed by atoms with Crippen LogP contribution in [0, 0.1) is 6.92 Å². The summed E-state index contributed by atoms with van der Waals surface area (Å²) < 4.78 is 0. The number of aromatic nitrogens is 4. The molecule has 4 rings (SSSR count). The molecule has 4 aromatic rings. The number of hydrogen-bond donors (Lipinski definition) is 2. The van der Waals surface area contributed by atoms with Crippen molar-refractivity contribution in [2.45, 2.75) is 19.8 Å². The normalized spacial score (nSPS) is 10.9. The van der Waals surface area contributed by atoms with E-state index in [4.69, 9.17) is 0 Å². The number of carbonyl (C=O) groups is 1. The highest BCUT2D eigenvalue weighted by atomic mass is 16.1. The molecule has 134 valence electrons. The quantitative estimate of drug-likeness (QED) is 0.570. The van der Waals surface area contributed by atoms with Gasteiger partial charge in [0, 0.05) is 24.5 Å². The fourth-order valence-corrected chi connectivity index (χ4v) is 2.92. The maximum absolute atomic E-state index is 12.1. The molecule has 0 spiro atoms. The number of imidazole rings is 1. The molecule has 1 amide bonds. The van der Waals surface area contributed by atoms with E-state index in [2.05, 4.69) is 44.3 Å². The van der Waals surface area contributed by atoms with Gasteiger partial charge in [-0.3, -0.25) is 9.78 Å². The molecule has 6 heteroatoms. The Morgan fingerprint density at radius 1 is 1.07 bits per heavy atom. The van der Waals surface area contributed by atoms with E-state index in [1.54, 1.807) is 0 Å². The molecule has 0 unspecified atom stereocenters. The number of hydrogen-bond acceptors (Lipinski definition) is 4. The van der Waals surface area contributed by atoms with Gasteiger partial charge in [0.1, 0.15) is 11.5 Å². The van der Waals surface area contributed by atoms with E-state index in [0.29, 0.717) is 5.69 Å². The second-order valence-corrected chi connectivity index (χ2v) is 6.45. The second-order valence-electron chi connectivity index (χ2n) is 6.45. The smallest absolute Gasteiger partial charge is 0.275 e. The second kappa shape index (κ2) is 7.37. The molecule has 0 radical (unpaired) electrons. The minimum atomic E-state index is -0.270. The van der Waals surface area contributed by atoms with Gasteiger partial charge in [-0.05, 0) is 48.7 Å². The Morgan fingerprint density at radius 2 is 1.93 bits per heavy atom. The van der Waals surface area contributed by atoms with Crippen molar-refractivity contribution in [3.63, 3.8) is 0 Å². The molecule has 0 atom stereocenters. The predicted octanol–water partition coefficient (Wildman–Crippen LogP) is 3.70. The molecule has 6 nitrogen and oxygen atoms in total. The Hall–Kier alpha value is -3.54. The average molecular weight is 357 g/mol. The molecule has 0 saturated carbocycles. The van der Waals surface area contributed by atoms with Crippen molar-refractivity contribution in [2.24, 2.45) is 0 Å². The molecule has 0 fully saturated rings. The zero-order valence-electron chi connectivity index (χ0n) is 14.9. The highest BCUT2D eigenvalue weighted by Crippen LogP contribution is 2.16. The van der Waals surface area contributed by atoms with Crippen molar-refractivity contribution >= 4 is 22.6 Å². The van der Waals surface area contributed by atoms with Crippen LogP contribution in [-0.2, 0) is 12.8 Å². The van der Waals surface area contributed by atoms with E-state index in [1.165, 1.54) is 29.7 Å². The van der Waals surface area contributed by atoms with E-state index in [9.17, 15) is 4.79 Å². The minimum absolute atomic E-state index is 0.270. The maximum atomic E-state index is 12.1. The Bertz CT molecular complexity index is 1070. The first kappa shape index (κ1) is 16.9. The molecule has 2 aromatic carbocycles. The Balaban J connectivity index is 1.38. The van der Waals surface area contributed by atoms with Crippen LogP contribution >= 0.6 is 0 Å². The highest BCUT2D eigenvalue weighted by molar-refractivity contribution is 6.02. The van der Waals surface area contributed by atoms with Crippen LogP contribution in [0.2, 0.25) is 0 Å². The summed E-state index contributed by atoms with van der Waals surface area (Å²) in [6, 6.07) is 14.0. The lowest BCUT2D eigenvalue weighted by Crippen LogP contribution is -2.13. The molecule has 2 N–H and O–H groups in total. The van der Waals surface area contributed by atoms with E-state index in [-0.39, 0.29) is 5.91 Å². The van der Waals surface area contributed by atoms with Gasteiger partial charge in [0.05, 0.1) is 17.2 Å². The number of amides is 1. The summed E-state index contributed by atoms with van der Waals surface area (Å²) in [5.74, 6) is 0.712. The number of aryl methyl sites for hydroxylation is 3. The lowest BCUT2D eigenvalue weighted by molar-refractivity contribution is 0.102. The highest BCUT2D eigenvalue weighted by Gasteiger charge is 2.08. The van der Waals surface area contributed by atoms with Crippen LogP contribution in [-0.4, -0.2) is 25.8 Å². The van der Waals surface area contributed by atoms with Crippen molar-refractivity contribution in [3.05, 3.63) is 83.7 Å². The van der Waals surface area contributed by atoms with Crippen molar-refractivity contribution in [3.8, 4) is 0 Å². The monoisotopic (exact) mass is 357 g/mol. The van der Waals surface area contributed by atoms with Gasteiger partial charge in [-0.2, -0.15) is 0 Å². The molecular weight excluding hydrogens is 338 g/mol. The molecule has 0 aliphatic heterocycles.